The summed E-state index contributed by atoms with van der Waals surface area (Å²) in [7, 11) is -3.59. The molecule has 130 valence electrons. The number of hydrogen-bond donors (Lipinski definition) is 1. The fourth-order valence-electron chi connectivity index (χ4n) is 2.73. The van der Waals surface area contributed by atoms with Gasteiger partial charge in [-0.05, 0) is 50.3 Å². The third-order valence-corrected chi connectivity index (χ3v) is 6.04. The van der Waals surface area contributed by atoms with Crippen molar-refractivity contribution >= 4 is 9.84 Å². The molecule has 0 amide bonds. The highest BCUT2D eigenvalue weighted by Gasteiger charge is 2.30. The second kappa shape index (κ2) is 8.65. The van der Waals surface area contributed by atoms with Crippen LogP contribution in [0.5, 0.6) is 0 Å². The van der Waals surface area contributed by atoms with E-state index in [2.05, 4.69) is 6.92 Å². The van der Waals surface area contributed by atoms with Crippen molar-refractivity contribution in [1.82, 2.24) is 0 Å². The molecule has 0 saturated heterocycles. The van der Waals surface area contributed by atoms with Gasteiger partial charge in [-0.15, -0.1) is 0 Å². The van der Waals surface area contributed by atoms with Crippen molar-refractivity contribution in [2.75, 3.05) is 0 Å². The molecular formula is C19H30O3S. The van der Waals surface area contributed by atoms with Gasteiger partial charge >= 0.3 is 0 Å². The quantitative estimate of drug-likeness (QED) is 0.759. The number of hydrogen-bond acceptors (Lipinski definition) is 3. The van der Waals surface area contributed by atoms with E-state index in [0.717, 1.165) is 24.8 Å². The van der Waals surface area contributed by atoms with E-state index in [-0.39, 0.29) is 11.8 Å². The lowest BCUT2D eigenvalue weighted by molar-refractivity contribution is 0.241. The summed E-state index contributed by atoms with van der Waals surface area (Å²) in [6.07, 6.45) is 3.54. The molecule has 1 aromatic rings. The highest BCUT2D eigenvalue weighted by molar-refractivity contribution is 7.95. The molecule has 1 rings (SSSR count). The van der Waals surface area contributed by atoms with E-state index in [1.807, 2.05) is 32.9 Å². The normalized spacial score (nSPS) is 15.7. The van der Waals surface area contributed by atoms with Crippen LogP contribution in [-0.2, 0) is 9.84 Å². The topological polar surface area (TPSA) is 54.4 Å². The van der Waals surface area contributed by atoms with Gasteiger partial charge in [0.15, 0.2) is 0 Å². The van der Waals surface area contributed by atoms with Gasteiger partial charge in [0.1, 0.15) is 0 Å². The van der Waals surface area contributed by atoms with Gasteiger partial charge in [-0.2, -0.15) is 0 Å². The van der Waals surface area contributed by atoms with Gasteiger partial charge in [0.05, 0.1) is 15.9 Å². The molecule has 4 heteroatoms. The molecule has 0 unspecified atom stereocenters. The lowest BCUT2D eigenvalue weighted by atomic mass is 9.89. The van der Waals surface area contributed by atoms with Crippen LogP contribution in [0.25, 0.3) is 0 Å². The Hall–Kier alpha value is -1.13. The first-order chi connectivity index (χ1) is 10.7. The van der Waals surface area contributed by atoms with Crippen LogP contribution in [0.4, 0.5) is 0 Å². The van der Waals surface area contributed by atoms with Crippen LogP contribution in [0, 0.1) is 18.8 Å². The van der Waals surface area contributed by atoms with E-state index in [1.54, 1.807) is 19.1 Å². The second-order valence-electron chi connectivity index (χ2n) is 6.62. The Labute approximate surface area is 141 Å². The van der Waals surface area contributed by atoms with Crippen LogP contribution in [0.1, 0.15) is 52.5 Å². The van der Waals surface area contributed by atoms with E-state index in [0.29, 0.717) is 9.80 Å². The van der Waals surface area contributed by atoms with Crippen molar-refractivity contribution in [2.24, 2.45) is 11.8 Å². The molecule has 0 aliphatic carbocycles. The first kappa shape index (κ1) is 19.9. The molecule has 23 heavy (non-hydrogen) atoms. The maximum atomic E-state index is 13.1. The Balaban J connectivity index is 3.36. The Morgan fingerprint density at radius 2 is 1.74 bits per heavy atom. The Morgan fingerprint density at radius 3 is 2.17 bits per heavy atom. The molecule has 3 nitrogen and oxygen atoms in total. The van der Waals surface area contributed by atoms with E-state index in [9.17, 15) is 13.5 Å². The highest BCUT2D eigenvalue weighted by Crippen LogP contribution is 2.34. The maximum Gasteiger partial charge on any atom is 0.202 e. The minimum atomic E-state index is -3.59. The van der Waals surface area contributed by atoms with E-state index in [4.69, 9.17) is 0 Å². The minimum absolute atomic E-state index is 0.0733. The first-order valence-electron chi connectivity index (χ1n) is 8.41. The van der Waals surface area contributed by atoms with E-state index in [1.165, 1.54) is 6.08 Å². The Kier molecular flexibility index (Phi) is 7.49. The highest BCUT2D eigenvalue weighted by atomic mass is 32.2. The summed E-state index contributed by atoms with van der Waals surface area (Å²) in [4.78, 5) is 0.664. The van der Waals surface area contributed by atoms with Crippen LogP contribution in [0.3, 0.4) is 0 Å². The zero-order chi connectivity index (χ0) is 17.6. The number of unbranched alkanes of at least 4 members (excludes halogenated alkanes) is 1. The largest absolute Gasteiger partial charge is 0.389 e. The van der Waals surface area contributed by atoms with Crippen LogP contribution in [0.2, 0.25) is 0 Å². The van der Waals surface area contributed by atoms with Crippen LogP contribution in [-0.4, -0.2) is 19.6 Å². The third kappa shape index (κ3) is 5.47. The predicted molar refractivity (Wildman–Crippen MR) is 96.0 cm³/mol. The van der Waals surface area contributed by atoms with Crippen molar-refractivity contribution in [3.8, 4) is 0 Å². The standard InChI is InChI=1S/C19H30O3S/c1-6-7-8-18(14(2)3)19(13-16(5)20)23(21,22)17-11-9-15(4)10-12-17/h9-14,16,18,20H,6-8H2,1-5H3/b19-13-/t16-,18+/m0/s1. The number of aliphatic hydroxyl groups excluding tert-OH is 1. The van der Waals surface area contributed by atoms with Crippen LogP contribution in [0.15, 0.2) is 40.1 Å². The lowest BCUT2D eigenvalue weighted by Crippen LogP contribution is -2.21. The summed E-state index contributed by atoms with van der Waals surface area (Å²) in [5.74, 6) is 0.127. The molecule has 0 aliphatic heterocycles. The average Bonchev–Trinajstić information content (AvgIpc) is 2.46. The molecule has 1 N–H and O–H groups in total. The fraction of sp³-hybridized carbons (Fsp3) is 0.579. The van der Waals surface area contributed by atoms with Gasteiger partial charge in [-0.1, -0.05) is 51.3 Å². The molecule has 0 aliphatic rings. The smallest absolute Gasteiger partial charge is 0.202 e. The van der Waals surface area contributed by atoms with Gasteiger partial charge in [-0.3, -0.25) is 0 Å². The molecule has 0 saturated carbocycles. The van der Waals surface area contributed by atoms with Crippen molar-refractivity contribution in [2.45, 2.75) is 64.9 Å². The summed E-state index contributed by atoms with van der Waals surface area (Å²) < 4.78 is 26.2. The molecule has 0 heterocycles. The molecule has 2 atom stereocenters. The molecule has 0 radical (unpaired) electrons. The number of aliphatic hydroxyl groups is 1. The van der Waals surface area contributed by atoms with E-state index < -0.39 is 15.9 Å². The zero-order valence-corrected chi connectivity index (χ0v) is 15.7. The SMILES string of the molecule is CCCC[C@@H](/C(=C/[C@H](C)O)S(=O)(=O)c1ccc(C)cc1)C(C)C. The van der Waals surface area contributed by atoms with Crippen molar-refractivity contribution < 1.29 is 13.5 Å². The monoisotopic (exact) mass is 338 g/mol. The van der Waals surface area contributed by atoms with Gasteiger partial charge in [0.25, 0.3) is 0 Å². The molecule has 0 fully saturated rings. The van der Waals surface area contributed by atoms with Crippen molar-refractivity contribution in [3.63, 3.8) is 0 Å². The zero-order valence-electron chi connectivity index (χ0n) is 14.9. The number of benzene rings is 1. The summed E-state index contributed by atoms with van der Waals surface area (Å²) in [6.45, 7) is 9.72. The minimum Gasteiger partial charge on any atom is -0.389 e. The third-order valence-electron chi connectivity index (χ3n) is 4.09. The number of aryl methyl sites for hydroxylation is 1. The number of rotatable bonds is 8. The van der Waals surface area contributed by atoms with Gasteiger partial charge in [-0.25, -0.2) is 8.42 Å². The van der Waals surface area contributed by atoms with Crippen LogP contribution < -0.4 is 0 Å². The molecule has 0 bridgehead atoms. The fourth-order valence-corrected chi connectivity index (χ4v) is 4.66. The summed E-state index contributed by atoms with van der Waals surface area (Å²) in [6, 6.07) is 6.92. The Morgan fingerprint density at radius 1 is 1.17 bits per heavy atom. The summed E-state index contributed by atoms with van der Waals surface area (Å²) >= 11 is 0. The number of allylic oxidation sites excluding steroid dienone is 1. The van der Waals surface area contributed by atoms with E-state index >= 15 is 0 Å². The number of sulfone groups is 1. The van der Waals surface area contributed by atoms with Gasteiger partial charge in [0, 0.05) is 0 Å². The first-order valence-corrected chi connectivity index (χ1v) is 9.90. The summed E-state index contributed by atoms with van der Waals surface area (Å²) in [5.41, 5.74) is 1.02. The molecule has 0 spiro atoms. The molecule has 0 aromatic heterocycles. The predicted octanol–water partition coefficient (Wildman–Crippen LogP) is 4.50. The van der Waals surface area contributed by atoms with Crippen molar-refractivity contribution in [3.05, 3.63) is 40.8 Å². The van der Waals surface area contributed by atoms with Gasteiger partial charge in [0.2, 0.25) is 9.84 Å². The maximum absolute atomic E-state index is 13.1. The second-order valence-corrected chi connectivity index (χ2v) is 8.57. The average molecular weight is 339 g/mol. The molecular weight excluding hydrogens is 308 g/mol. The van der Waals surface area contributed by atoms with Crippen molar-refractivity contribution in [1.29, 1.82) is 0 Å². The van der Waals surface area contributed by atoms with Crippen LogP contribution >= 0.6 is 0 Å². The molecule has 1 aromatic carbocycles. The van der Waals surface area contributed by atoms with Gasteiger partial charge < -0.3 is 5.11 Å². The summed E-state index contributed by atoms with van der Waals surface area (Å²) in [5, 5.41) is 9.79. The Bertz CT molecular complexity index is 611. The lowest BCUT2D eigenvalue weighted by Gasteiger charge is -2.25.